The maximum Gasteiger partial charge on any atom is 0.243 e. The molecule has 0 saturated carbocycles. The topological polar surface area (TPSA) is 57.7 Å². The van der Waals surface area contributed by atoms with Crippen LogP contribution in [0.2, 0.25) is 0 Å². The molecule has 1 amide bonds. The third-order valence-electron chi connectivity index (χ3n) is 6.50. The lowest BCUT2D eigenvalue weighted by atomic mass is 9.96. The van der Waals surface area contributed by atoms with Gasteiger partial charge < -0.3 is 4.90 Å². The van der Waals surface area contributed by atoms with Gasteiger partial charge in [-0.3, -0.25) is 4.79 Å². The van der Waals surface area contributed by atoms with Crippen LogP contribution in [-0.2, 0) is 27.8 Å². The van der Waals surface area contributed by atoms with Crippen molar-refractivity contribution in [2.24, 2.45) is 5.92 Å². The zero-order chi connectivity index (χ0) is 24.0. The Balaban J connectivity index is 1.42. The van der Waals surface area contributed by atoms with Crippen molar-refractivity contribution in [3.05, 3.63) is 102 Å². The van der Waals surface area contributed by atoms with Crippen LogP contribution in [0, 0.1) is 12.8 Å². The van der Waals surface area contributed by atoms with Gasteiger partial charge in [-0.2, -0.15) is 4.31 Å². The summed E-state index contributed by atoms with van der Waals surface area (Å²) in [5.74, 6) is -0.0453. The predicted octanol–water partition coefficient (Wildman–Crippen LogP) is 4.67. The van der Waals surface area contributed by atoms with Crippen LogP contribution >= 0.6 is 0 Å². The molecule has 0 N–H and O–H groups in total. The summed E-state index contributed by atoms with van der Waals surface area (Å²) in [7, 11) is -3.53. The molecule has 178 valence electrons. The molecule has 0 spiro atoms. The summed E-state index contributed by atoms with van der Waals surface area (Å²) >= 11 is 0. The first-order chi connectivity index (χ1) is 16.4. The van der Waals surface area contributed by atoms with E-state index in [9.17, 15) is 13.2 Å². The number of hydrogen-bond acceptors (Lipinski definition) is 3. The maximum atomic E-state index is 13.5. The molecule has 0 radical (unpaired) electrons. The molecule has 6 heteroatoms. The first-order valence-corrected chi connectivity index (χ1v) is 13.3. The van der Waals surface area contributed by atoms with Crippen molar-refractivity contribution in [3.63, 3.8) is 0 Å². The monoisotopic (exact) mass is 476 g/mol. The van der Waals surface area contributed by atoms with E-state index in [0.29, 0.717) is 43.9 Å². The average molecular weight is 477 g/mol. The van der Waals surface area contributed by atoms with Crippen molar-refractivity contribution in [1.82, 2.24) is 9.21 Å². The predicted molar refractivity (Wildman–Crippen MR) is 135 cm³/mol. The summed E-state index contributed by atoms with van der Waals surface area (Å²) in [6, 6.07) is 27.2. The molecule has 1 fully saturated rings. The number of amides is 1. The molecule has 4 rings (SSSR count). The molecular weight excluding hydrogens is 444 g/mol. The normalized spacial score (nSPS) is 15.2. The summed E-state index contributed by atoms with van der Waals surface area (Å²) in [5, 5.41) is 0. The Morgan fingerprint density at radius 3 is 2.00 bits per heavy atom. The van der Waals surface area contributed by atoms with Gasteiger partial charge in [0, 0.05) is 32.1 Å². The Morgan fingerprint density at radius 1 is 0.853 bits per heavy atom. The van der Waals surface area contributed by atoms with Gasteiger partial charge in [-0.15, -0.1) is 0 Å². The van der Waals surface area contributed by atoms with E-state index in [2.05, 4.69) is 12.1 Å². The fourth-order valence-corrected chi connectivity index (χ4v) is 5.91. The zero-order valence-electron chi connectivity index (χ0n) is 19.6. The highest BCUT2D eigenvalue weighted by atomic mass is 32.2. The fourth-order valence-electron chi connectivity index (χ4n) is 4.44. The number of carbonyl (C=O) groups excluding carboxylic acids is 1. The molecule has 3 aromatic rings. The molecule has 0 aromatic heterocycles. The lowest BCUT2D eigenvalue weighted by Gasteiger charge is -2.34. The number of piperidine rings is 1. The minimum absolute atomic E-state index is 0.118. The Hall–Kier alpha value is -2.96. The number of nitrogens with zero attached hydrogens (tertiary/aromatic N) is 2. The molecular formula is C28H32N2O3S. The molecule has 5 nitrogen and oxygen atoms in total. The van der Waals surface area contributed by atoms with E-state index in [0.717, 1.165) is 17.5 Å². The average Bonchev–Trinajstić information content (AvgIpc) is 2.87. The number of aryl methyl sites for hydroxylation is 1. The molecule has 1 aliphatic heterocycles. The zero-order valence-corrected chi connectivity index (χ0v) is 20.5. The Morgan fingerprint density at radius 2 is 1.41 bits per heavy atom. The standard InChI is InChI=1S/C28H32N2O3S/c1-23-12-14-27(15-13-23)34(32,33)30-20-17-26(18-21-30)28(31)29(22-25-10-6-3-7-11-25)19-16-24-8-4-2-5-9-24/h2-15,26H,16-22H2,1H3. The number of rotatable bonds is 8. The van der Waals surface area contributed by atoms with Gasteiger partial charge in [0.25, 0.3) is 0 Å². The van der Waals surface area contributed by atoms with E-state index in [1.807, 2.05) is 72.5 Å². The van der Waals surface area contributed by atoms with Crippen molar-refractivity contribution >= 4 is 15.9 Å². The molecule has 0 unspecified atom stereocenters. The van der Waals surface area contributed by atoms with Crippen LogP contribution in [0.4, 0.5) is 0 Å². The second-order valence-electron chi connectivity index (χ2n) is 8.97. The molecule has 34 heavy (non-hydrogen) atoms. The quantitative estimate of drug-likeness (QED) is 0.475. The van der Waals surface area contributed by atoms with Gasteiger partial charge in [0.15, 0.2) is 0 Å². The van der Waals surface area contributed by atoms with E-state index in [1.54, 1.807) is 12.1 Å². The summed E-state index contributed by atoms with van der Waals surface area (Å²) in [5.41, 5.74) is 3.33. The van der Waals surface area contributed by atoms with Crippen LogP contribution < -0.4 is 0 Å². The number of sulfonamides is 1. The lowest BCUT2D eigenvalue weighted by Crippen LogP contribution is -2.44. The van der Waals surface area contributed by atoms with E-state index < -0.39 is 10.0 Å². The fraction of sp³-hybridized carbons (Fsp3) is 0.321. The van der Waals surface area contributed by atoms with Crippen molar-refractivity contribution in [2.45, 2.75) is 37.6 Å². The maximum absolute atomic E-state index is 13.5. The first kappa shape index (κ1) is 24.2. The Kier molecular flexibility index (Phi) is 7.80. The summed E-state index contributed by atoms with van der Waals surface area (Å²) in [6.45, 7) is 3.87. The number of carbonyl (C=O) groups is 1. The Bertz CT molecular complexity index is 1170. The smallest absolute Gasteiger partial charge is 0.243 e. The van der Waals surface area contributed by atoms with Crippen molar-refractivity contribution in [3.8, 4) is 0 Å². The van der Waals surface area contributed by atoms with Gasteiger partial charge in [-0.05, 0) is 49.4 Å². The van der Waals surface area contributed by atoms with Gasteiger partial charge in [-0.25, -0.2) is 8.42 Å². The minimum Gasteiger partial charge on any atom is -0.338 e. The van der Waals surface area contributed by atoms with E-state index >= 15 is 0 Å². The van der Waals surface area contributed by atoms with Gasteiger partial charge in [0.1, 0.15) is 0 Å². The molecule has 0 bridgehead atoms. The molecule has 1 aliphatic rings. The van der Waals surface area contributed by atoms with Crippen molar-refractivity contribution in [1.29, 1.82) is 0 Å². The second kappa shape index (κ2) is 11.0. The third-order valence-corrected chi connectivity index (χ3v) is 8.42. The van der Waals surface area contributed by atoms with Crippen molar-refractivity contribution in [2.75, 3.05) is 19.6 Å². The van der Waals surface area contributed by atoms with Gasteiger partial charge in [0.05, 0.1) is 4.90 Å². The SMILES string of the molecule is Cc1ccc(S(=O)(=O)N2CCC(C(=O)N(CCc3ccccc3)Cc3ccccc3)CC2)cc1. The van der Waals surface area contributed by atoms with Crippen LogP contribution in [0.25, 0.3) is 0 Å². The Labute approximate surface area is 203 Å². The number of hydrogen-bond donors (Lipinski definition) is 0. The molecule has 3 aromatic carbocycles. The number of benzene rings is 3. The second-order valence-corrected chi connectivity index (χ2v) is 10.9. The van der Waals surface area contributed by atoms with E-state index in [-0.39, 0.29) is 11.8 Å². The highest BCUT2D eigenvalue weighted by molar-refractivity contribution is 7.89. The van der Waals surface area contributed by atoms with Gasteiger partial charge in [-0.1, -0.05) is 78.4 Å². The van der Waals surface area contributed by atoms with E-state index in [4.69, 9.17) is 0 Å². The third kappa shape index (κ3) is 5.93. The van der Waals surface area contributed by atoms with Gasteiger partial charge >= 0.3 is 0 Å². The van der Waals surface area contributed by atoms with Crippen LogP contribution in [0.1, 0.15) is 29.5 Å². The van der Waals surface area contributed by atoms with Crippen LogP contribution in [-0.4, -0.2) is 43.2 Å². The molecule has 1 saturated heterocycles. The summed E-state index contributed by atoms with van der Waals surface area (Å²) < 4.78 is 27.6. The summed E-state index contributed by atoms with van der Waals surface area (Å²) in [6.07, 6.45) is 1.88. The highest BCUT2D eigenvalue weighted by Crippen LogP contribution is 2.26. The highest BCUT2D eigenvalue weighted by Gasteiger charge is 2.33. The van der Waals surface area contributed by atoms with Crippen LogP contribution in [0.5, 0.6) is 0 Å². The summed E-state index contributed by atoms with van der Waals surface area (Å²) in [4.78, 5) is 15.8. The molecule has 0 atom stereocenters. The van der Waals surface area contributed by atoms with Crippen LogP contribution in [0.15, 0.2) is 89.8 Å². The minimum atomic E-state index is -3.53. The first-order valence-electron chi connectivity index (χ1n) is 11.9. The molecule has 0 aliphatic carbocycles. The van der Waals surface area contributed by atoms with Crippen molar-refractivity contribution < 1.29 is 13.2 Å². The van der Waals surface area contributed by atoms with Gasteiger partial charge in [0.2, 0.25) is 15.9 Å². The van der Waals surface area contributed by atoms with Crippen LogP contribution in [0.3, 0.4) is 0 Å². The largest absolute Gasteiger partial charge is 0.338 e. The van der Waals surface area contributed by atoms with E-state index in [1.165, 1.54) is 9.87 Å². The lowest BCUT2D eigenvalue weighted by molar-refractivity contribution is -0.137. The molecule has 1 heterocycles.